The van der Waals surface area contributed by atoms with Crippen molar-refractivity contribution in [1.29, 1.82) is 0 Å². The minimum Gasteiger partial charge on any atom is -0.464 e. The zero-order valence-electron chi connectivity index (χ0n) is 14.0. The van der Waals surface area contributed by atoms with E-state index in [4.69, 9.17) is 4.42 Å². The number of fused-ring (bicyclic) bond motifs is 1. The number of hydrogen-bond acceptors (Lipinski definition) is 5. The van der Waals surface area contributed by atoms with Gasteiger partial charge in [-0.1, -0.05) is 23.4 Å². The number of furan rings is 1. The predicted octanol–water partition coefficient (Wildman–Crippen LogP) is 2.70. The number of benzene rings is 1. The number of aromatic nitrogens is 3. The summed E-state index contributed by atoms with van der Waals surface area (Å²) < 4.78 is 7.40. The fourth-order valence-electron chi connectivity index (χ4n) is 3.35. The SMILES string of the molecule is CC(C)n1cc([C@@]2(O)CCN(Cc3coc4ccccc34)C2)nn1. The van der Waals surface area contributed by atoms with Gasteiger partial charge >= 0.3 is 0 Å². The van der Waals surface area contributed by atoms with E-state index in [9.17, 15) is 5.11 Å². The summed E-state index contributed by atoms with van der Waals surface area (Å²) in [7, 11) is 0. The van der Waals surface area contributed by atoms with E-state index in [0.717, 1.165) is 29.6 Å². The molecule has 1 N–H and O–H groups in total. The lowest BCUT2D eigenvalue weighted by molar-refractivity contribution is 0.0408. The molecule has 1 aliphatic rings. The maximum absolute atomic E-state index is 11.0. The van der Waals surface area contributed by atoms with Gasteiger partial charge in [0.15, 0.2) is 0 Å². The molecule has 0 radical (unpaired) electrons. The van der Waals surface area contributed by atoms with Crippen molar-refractivity contribution < 1.29 is 9.52 Å². The van der Waals surface area contributed by atoms with E-state index in [2.05, 4.69) is 21.3 Å². The number of para-hydroxylation sites is 1. The normalized spacial score (nSPS) is 22.0. The van der Waals surface area contributed by atoms with Gasteiger partial charge in [0.25, 0.3) is 0 Å². The summed E-state index contributed by atoms with van der Waals surface area (Å²) >= 11 is 0. The van der Waals surface area contributed by atoms with Crippen LogP contribution in [0.25, 0.3) is 11.0 Å². The zero-order chi connectivity index (χ0) is 16.7. The predicted molar refractivity (Wildman–Crippen MR) is 90.4 cm³/mol. The summed E-state index contributed by atoms with van der Waals surface area (Å²) in [6, 6.07) is 8.28. The molecule has 0 spiro atoms. The maximum Gasteiger partial charge on any atom is 0.134 e. The highest BCUT2D eigenvalue weighted by atomic mass is 16.3. The molecule has 0 bridgehead atoms. The molecule has 3 aromatic rings. The number of nitrogens with zero attached hydrogens (tertiary/aromatic N) is 4. The number of hydrogen-bond donors (Lipinski definition) is 1. The highest BCUT2D eigenvalue weighted by Gasteiger charge is 2.40. The Morgan fingerprint density at radius 2 is 2.17 bits per heavy atom. The summed E-state index contributed by atoms with van der Waals surface area (Å²) in [6.45, 7) is 6.24. The van der Waals surface area contributed by atoms with Crippen LogP contribution in [0.15, 0.2) is 41.1 Å². The van der Waals surface area contributed by atoms with Gasteiger partial charge in [-0.3, -0.25) is 4.90 Å². The van der Waals surface area contributed by atoms with Crippen molar-refractivity contribution in [2.24, 2.45) is 0 Å². The molecular formula is C18H22N4O2. The topological polar surface area (TPSA) is 67.3 Å². The molecule has 1 aromatic carbocycles. The molecule has 0 aliphatic carbocycles. The van der Waals surface area contributed by atoms with Crippen LogP contribution >= 0.6 is 0 Å². The van der Waals surface area contributed by atoms with Crippen LogP contribution < -0.4 is 0 Å². The molecule has 0 amide bonds. The fraction of sp³-hybridized carbons (Fsp3) is 0.444. The van der Waals surface area contributed by atoms with Gasteiger partial charge in [-0.2, -0.15) is 0 Å². The third-order valence-electron chi connectivity index (χ3n) is 4.80. The number of aliphatic hydroxyl groups is 1. The first-order chi connectivity index (χ1) is 11.5. The Hall–Kier alpha value is -2.18. The van der Waals surface area contributed by atoms with Crippen LogP contribution in [0.5, 0.6) is 0 Å². The van der Waals surface area contributed by atoms with Crippen LogP contribution in [0.1, 0.15) is 37.6 Å². The first-order valence-corrected chi connectivity index (χ1v) is 8.37. The lowest BCUT2D eigenvalue weighted by Gasteiger charge is -2.20. The second-order valence-electron chi connectivity index (χ2n) is 6.93. The Morgan fingerprint density at radius 3 is 2.96 bits per heavy atom. The zero-order valence-corrected chi connectivity index (χ0v) is 14.0. The summed E-state index contributed by atoms with van der Waals surface area (Å²) in [5.74, 6) is 0. The second-order valence-corrected chi connectivity index (χ2v) is 6.93. The van der Waals surface area contributed by atoms with E-state index >= 15 is 0 Å². The van der Waals surface area contributed by atoms with Crippen LogP contribution in [-0.4, -0.2) is 38.1 Å². The number of rotatable bonds is 4. The molecule has 0 saturated carbocycles. The molecule has 24 heavy (non-hydrogen) atoms. The minimum atomic E-state index is -0.924. The van der Waals surface area contributed by atoms with Crippen molar-refractivity contribution >= 4 is 11.0 Å². The molecule has 1 fully saturated rings. The summed E-state index contributed by atoms with van der Waals surface area (Å²) in [5, 5.41) is 20.4. The van der Waals surface area contributed by atoms with Gasteiger partial charge in [0.05, 0.1) is 12.5 Å². The molecule has 6 nitrogen and oxygen atoms in total. The van der Waals surface area contributed by atoms with Gasteiger partial charge in [0.2, 0.25) is 0 Å². The van der Waals surface area contributed by atoms with Crippen LogP contribution in [-0.2, 0) is 12.1 Å². The lowest BCUT2D eigenvalue weighted by Crippen LogP contribution is -2.31. The quantitative estimate of drug-likeness (QED) is 0.798. The minimum absolute atomic E-state index is 0.240. The largest absolute Gasteiger partial charge is 0.464 e. The van der Waals surface area contributed by atoms with Gasteiger partial charge in [-0.25, -0.2) is 4.68 Å². The molecule has 0 unspecified atom stereocenters. The molecule has 2 aromatic heterocycles. The summed E-state index contributed by atoms with van der Waals surface area (Å²) in [6.07, 6.45) is 4.35. The monoisotopic (exact) mass is 326 g/mol. The average Bonchev–Trinajstić information content (AvgIpc) is 3.28. The summed E-state index contributed by atoms with van der Waals surface area (Å²) in [4.78, 5) is 2.24. The van der Waals surface area contributed by atoms with E-state index in [0.29, 0.717) is 18.7 Å². The van der Waals surface area contributed by atoms with Gasteiger partial charge in [-0.05, 0) is 26.3 Å². The molecular weight excluding hydrogens is 304 g/mol. The molecule has 6 heteroatoms. The number of β-amino-alcohol motifs (C(OH)–C–C–N with tert-alkyl or cyclic N) is 1. The Morgan fingerprint density at radius 1 is 1.33 bits per heavy atom. The van der Waals surface area contributed by atoms with E-state index in [1.807, 2.05) is 44.5 Å². The molecule has 4 rings (SSSR count). The fourth-order valence-corrected chi connectivity index (χ4v) is 3.35. The van der Waals surface area contributed by atoms with Crippen molar-refractivity contribution in [1.82, 2.24) is 19.9 Å². The highest BCUT2D eigenvalue weighted by Crippen LogP contribution is 2.32. The lowest BCUT2D eigenvalue weighted by atomic mass is 10.00. The van der Waals surface area contributed by atoms with Gasteiger partial charge in [0, 0.05) is 36.6 Å². The standard InChI is InChI=1S/C18H22N4O2/c1-13(2)22-10-17(19-20-22)18(23)7-8-21(12-18)9-14-11-24-16-6-4-3-5-15(14)16/h3-6,10-11,13,23H,7-9,12H2,1-2H3/t18-/m1/s1. The van der Waals surface area contributed by atoms with Crippen molar-refractivity contribution in [2.75, 3.05) is 13.1 Å². The van der Waals surface area contributed by atoms with Gasteiger partial charge in [-0.15, -0.1) is 5.10 Å². The number of likely N-dealkylation sites (tertiary alicyclic amines) is 1. The van der Waals surface area contributed by atoms with E-state index in [1.165, 1.54) is 0 Å². The smallest absolute Gasteiger partial charge is 0.134 e. The van der Waals surface area contributed by atoms with Crippen molar-refractivity contribution in [3.63, 3.8) is 0 Å². The van der Waals surface area contributed by atoms with Crippen molar-refractivity contribution in [3.05, 3.63) is 48.0 Å². The van der Waals surface area contributed by atoms with Crippen LogP contribution in [0.3, 0.4) is 0 Å². The average molecular weight is 326 g/mol. The van der Waals surface area contributed by atoms with Crippen LogP contribution in [0.2, 0.25) is 0 Å². The van der Waals surface area contributed by atoms with E-state index in [-0.39, 0.29) is 6.04 Å². The van der Waals surface area contributed by atoms with Crippen molar-refractivity contribution in [2.45, 2.75) is 38.5 Å². The third-order valence-corrected chi connectivity index (χ3v) is 4.80. The van der Waals surface area contributed by atoms with Gasteiger partial charge < -0.3 is 9.52 Å². The maximum atomic E-state index is 11.0. The molecule has 3 heterocycles. The first-order valence-electron chi connectivity index (χ1n) is 8.37. The van der Waals surface area contributed by atoms with Crippen LogP contribution in [0.4, 0.5) is 0 Å². The van der Waals surface area contributed by atoms with E-state index in [1.54, 1.807) is 4.68 Å². The molecule has 1 aliphatic heterocycles. The Bertz CT molecular complexity index is 853. The third kappa shape index (κ3) is 2.61. The van der Waals surface area contributed by atoms with Gasteiger partial charge in [0.1, 0.15) is 16.9 Å². The Balaban J connectivity index is 1.51. The first kappa shape index (κ1) is 15.4. The summed E-state index contributed by atoms with van der Waals surface area (Å²) in [5.41, 5.74) is 1.80. The molecule has 1 atom stereocenters. The Kier molecular flexibility index (Phi) is 3.66. The Labute approximate surface area is 140 Å². The highest BCUT2D eigenvalue weighted by molar-refractivity contribution is 5.80. The molecule has 126 valence electrons. The van der Waals surface area contributed by atoms with Crippen LogP contribution in [0, 0.1) is 0 Å². The van der Waals surface area contributed by atoms with E-state index < -0.39 is 5.60 Å². The molecule has 1 saturated heterocycles. The van der Waals surface area contributed by atoms with Crippen molar-refractivity contribution in [3.8, 4) is 0 Å². The second kappa shape index (κ2) is 5.72.